The van der Waals surface area contributed by atoms with Gasteiger partial charge in [-0.05, 0) is 46.1 Å². The zero-order valence-electron chi connectivity index (χ0n) is 12.4. The van der Waals surface area contributed by atoms with Gasteiger partial charge in [0.15, 0.2) is 0 Å². The summed E-state index contributed by atoms with van der Waals surface area (Å²) in [4.78, 5) is 0. The number of hydrogen-bond donors (Lipinski definition) is 2. The summed E-state index contributed by atoms with van der Waals surface area (Å²) in [7, 11) is 1.55. The van der Waals surface area contributed by atoms with Crippen LogP contribution < -0.4 is 10.1 Å². The summed E-state index contributed by atoms with van der Waals surface area (Å²) < 4.78 is 11.3. The van der Waals surface area contributed by atoms with E-state index in [0.29, 0.717) is 5.92 Å². The van der Waals surface area contributed by atoms with E-state index in [0.717, 1.165) is 23.3 Å². The van der Waals surface area contributed by atoms with Crippen molar-refractivity contribution in [3.8, 4) is 5.75 Å². The number of aliphatic hydroxyl groups excluding tert-OH is 1. The van der Waals surface area contributed by atoms with Crippen LogP contribution in [0.25, 0.3) is 0 Å². The summed E-state index contributed by atoms with van der Waals surface area (Å²) in [5.74, 6) is 1.37. The minimum Gasteiger partial charge on any atom is -0.490 e. The first-order valence-corrected chi connectivity index (χ1v) is 7.61. The maximum absolute atomic E-state index is 9.55. The van der Waals surface area contributed by atoms with Crippen molar-refractivity contribution < 1.29 is 14.6 Å². The molecule has 1 unspecified atom stereocenters. The number of ether oxygens (including phenoxy) is 2. The van der Waals surface area contributed by atoms with Gasteiger partial charge in [0.05, 0.1) is 11.1 Å². The normalized spacial score (nSPS) is 12.7. The first-order valence-electron chi connectivity index (χ1n) is 6.82. The molecule has 5 heteroatoms. The predicted octanol–water partition coefficient (Wildman–Crippen LogP) is 2.58. The Morgan fingerprint density at radius 1 is 1.30 bits per heavy atom. The Kier molecular flexibility index (Phi) is 8.14. The molecule has 2 N–H and O–H groups in total. The molecule has 0 spiro atoms. The average Bonchev–Trinajstić information content (AvgIpc) is 2.37. The van der Waals surface area contributed by atoms with E-state index in [1.807, 2.05) is 18.2 Å². The number of benzene rings is 1. The van der Waals surface area contributed by atoms with Gasteiger partial charge in [-0.15, -0.1) is 0 Å². The summed E-state index contributed by atoms with van der Waals surface area (Å²) in [6.07, 6.45) is -0.612. The van der Waals surface area contributed by atoms with Gasteiger partial charge in [0.2, 0.25) is 0 Å². The second kappa shape index (κ2) is 9.34. The molecule has 0 heterocycles. The minimum atomic E-state index is -0.612. The lowest BCUT2D eigenvalue weighted by molar-refractivity contribution is 0.0323. The molecule has 4 nitrogen and oxygen atoms in total. The number of aliphatic hydroxyl groups is 1. The van der Waals surface area contributed by atoms with Crippen LogP contribution >= 0.6 is 15.9 Å². The third kappa shape index (κ3) is 6.70. The van der Waals surface area contributed by atoms with Gasteiger partial charge < -0.3 is 19.9 Å². The van der Waals surface area contributed by atoms with Crippen molar-refractivity contribution in [1.29, 1.82) is 0 Å². The summed E-state index contributed by atoms with van der Waals surface area (Å²) in [5, 5.41) is 12.9. The second-order valence-electron chi connectivity index (χ2n) is 5.21. The highest BCUT2D eigenvalue weighted by atomic mass is 79.9. The third-order valence-electron chi connectivity index (χ3n) is 2.67. The van der Waals surface area contributed by atoms with E-state index in [4.69, 9.17) is 9.47 Å². The Balaban J connectivity index is 2.46. The molecule has 0 amide bonds. The lowest BCUT2D eigenvalue weighted by atomic mass is 10.2. The molecule has 0 aromatic heterocycles. The molecule has 0 aliphatic carbocycles. The van der Waals surface area contributed by atoms with Crippen LogP contribution in [0.1, 0.15) is 19.4 Å². The molecule has 0 aliphatic rings. The smallest absolute Gasteiger partial charge is 0.133 e. The first kappa shape index (κ1) is 17.4. The van der Waals surface area contributed by atoms with E-state index in [9.17, 15) is 5.11 Å². The molecule has 1 atom stereocenters. The molecule has 0 saturated heterocycles. The standard InChI is InChI=1S/C15H24BrNO3/c1-11(2)7-17-8-12-4-5-15(14(16)6-12)20-10-13(18)9-19-3/h4-6,11,13,17-18H,7-10H2,1-3H3. The largest absolute Gasteiger partial charge is 0.490 e. The Bertz CT molecular complexity index is 399. The fourth-order valence-electron chi connectivity index (χ4n) is 1.70. The second-order valence-corrected chi connectivity index (χ2v) is 6.06. The first-order chi connectivity index (χ1) is 9.52. The van der Waals surface area contributed by atoms with E-state index in [1.165, 1.54) is 5.56 Å². The van der Waals surface area contributed by atoms with E-state index in [1.54, 1.807) is 7.11 Å². The van der Waals surface area contributed by atoms with Gasteiger partial charge in [-0.25, -0.2) is 0 Å². The Morgan fingerprint density at radius 2 is 2.05 bits per heavy atom. The molecule has 1 aromatic rings. The van der Waals surface area contributed by atoms with Crippen molar-refractivity contribution in [2.45, 2.75) is 26.5 Å². The molecule has 0 fully saturated rings. The Labute approximate surface area is 129 Å². The molecule has 0 bridgehead atoms. The van der Waals surface area contributed by atoms with Gasteiger partial charge in [-0.2, -0.15) is 0 Å². The van der Waals surface area contributed by atoms with Crippen LogP contribution in [0.2, 0.25) is 0 Å². The fourth-order valence-corrected chi connectivity index (χ4v) is 2.24. The van der Waals surface area contributed by atoms with E-state index in [2.05, 4.69) is 35.1 Å². The van der Waals surface area contributed by atoms with Crippen LogP contribution in [0.5, 0.6) is 5.75 Å². The van der Waals surface area contributed by atoms with Crippen molar-refractivity contribution in [2.24, 2.45) is 5.92 Å². The molecule has 114 valence electrons. The number of nitrogens with one attached hydrogen (secondary N) is 1. The molecule has 1 aromatic carbocycles. The number of halogens is 1. The van der Waals surface area contributed by atoms with E-state index < -0.39 is 6.10 Å². The van der Waals surface area contributed by atoms with Gasteiger partial charge >= 0.3 is 0 Å². The summed E-state index contributed by atoms with van der Waals surface area (Å²) in [5.41, 5.74) is 1.20. The topological polar surface area (TPSA) is 50.7 Å². The fraction of sp³-hybridized carbons (Fsp3) is 0.600. The zero-order valence-corrected chi connectivity index (χ0v) is 13.9. The molecular formula is C15H24BrNO3. The van der Waals surface area contributed by atoms with Crippen LogP contribution in [0.3, 0.4) is 0 Å². The lowest BCUT2D eigenvalue weighted by Gasteiger charge is -2.13. The monoisotopic (exact) mass is 345 g/mol. The van der Waals surface area contributed by atoms with Crippen LogP contribution in [0, 0.1) is 5.92 Å². The van der Waals surface area contributed by atoms with Crippen molar-refractivity contribution >= 4 is 15.9 Å². The van der Waals surface area contributed by atoms with E-state index >= 15 is 0 Å². The lowest BCUT2D eigenvalue weighted by Crippen LogP contribution is -2.22. The SMILES string of the molecule is COCC(O)COc1ccc(CNCC(C)C)cc1Br. The molecule has 0 aliphatic heterocycles. The van der Waals surface area contributed by atoms with Crippen LogP contribution in [-0.2, 0) is 11.3 Å². The molecular weight excluding hydrogens is 322 g/mol. The molecule has 0 saturated carbocycles. The minimum absolute atomic E-state index is 0.220. The molecule has 20 heavy (non-hydrogen) atoms. The van der Waals surface area contributed by atoms with Gasteiger partial charge in [-0.3, -0.25) is 0 Å². The summed E-state index contributed by atoms with van der Waals surface area (Å²) in [6.45, 7) is 6.70. The van der Waals surface area contributed by atoms with Crippen LogP contribution in [0.4, 0.5) is 0 Å². The highest BCUT2D eigenvalue weighted by Crippen LogP contribution is 2.26. The van der Waals surface area contributed by atoms with Crippen LogP contribution in [0.15, 0.2) is 22.7 Å². The highest BCUT2D eigenvalue weighted by Gasteiger charge is 2.07. The van der Waals surface area contributed by atoms with Gasteiger partial charge in [0.1, 0.15) is 18.5 Å². The highest BCUT2D eigenvalue weighted by molar-refractivity contribution is 9.10. The maximum atomic E-state index is 9.55. The van der Waals surface area contributed by atoms with Crippen molar-refractivity contribution in [1.82, 2.24) is 5.32 Å². The average molecular weight is 346 g/mol. The Hall–Kier alpha value is -0.620. The van der Waals surface area contributed by atoms with Crippen molar-refractivity contribution in [2.75, 3.05) is 26.9 Å². The summed E-state index contributed by atoms with van der Waals surface area (Å²) >= 11 is 3.49. The van der Waals surface area contributed by atoms with Gasteiger partial charge in [0.25, 0.3) is 0 Å². The Morgan fingerprint density at radius 3 is 2.65 bits per heavy atom. The van der Waals surface area contributed by atoms with Crippen molar-refractivity contribution in [3.05, 3.63) is 28.2 Å². The summed E-state index contributed by atoms with van der Waals surface area (Å²) in [6, 6.07) is 5.97. The molecule has 0 radical (unpaired) electrons. The van der Waals surface area contributed by atoms with Crippen molar-refractivity contribution in [3.63, 3.8) is 0 Å². The molecule has 1 rings (SSSR count). The van der Waals surface area contributed by atoms with Gasteiger partial charge in [-0.1, -0.05) is 19.9 Å². The number of methoxy groups -OCH3 is 1. The van der Waals surface area contributed by atoms with E-state index in [-0.39, 0.29) is 13.2 Å². The quantitative estimate of drug-likeness (QED) is 0.722. The zero-order chi connectivity index (χ0) is 15.0. The number of hydrogen-bond acceptors (Lipinski definition) is 4. The predicted molar refractivity (Wildman–Crippen MR) is 84.1 cm³/mol. The maximum Gasteiger partial charge on any atom is 0.133 e. The number of rotatable bonds is 9. The van der Waals surface area contributed by atoms with Crippen LogP contribution in [-0.4, -0.2) is 38.1 Å². The third-order valence-corrected chi connectivity index (χ3v) is 3.29. The van der Waals surface area contributed by atoms with Gasteiger partial charge in [0, 0.05) is 13.7 Å².